The molecule has 152 valence electrons. The third-order valence-corrected chi connectivity index (χ3v) is 5.51. The summed E-state index contributed by atoms with van der Waals surface area (Å²) in [5.41, 5.74) is 1.63. The number of aromatic nitrogens is 1. The lowest BCUT2D eigenvalue weighted by atomic mass is 10.1. The van der Waals surface area contributed by atoms with Gasteiger partial charge in [0.25, 0.3) is 0 Å². The molecule has 1 aromatic carbocycles. The van der Waals surface area contributed by atoms with Crippen molar-refractivity contribution in [2.75, 3.05) is 44.8 Å². The quantitative estimate of drug-likeness (QED) is 0.462. The monoisotopic (exact) mass is 384 g/mol. The number of piperazine rings is 1. The second-order valence-corrected chi connectivity index (χ2v) is 7.35. The van der Waals surface area contributed by atoms with Gasteiger partial charge in [-0.05, 0) is 25.1 Å². The van der Waals surface area contributed by atoms with Crippen LogP contribution in [0.1, 0.15) is 39.0 Å². The zero-order valence-electron chi connectivity index (χ0n) is 17.1. The van der Waals surface area contributed by atoms with Gasteiger partial charge >= 0.3 is 0 Å². The summed E-state index contributed by atoms with van der Waals surface area (Å²) in [4.78, 5) is 18.9. The van der Waals surface area contributed by atoms with E-state index in [4.69, 9.17) is 4.74 Å². The topological polar surface area (TPSA) is 48.9 Å². The number of nitrogens with zero attached hydrogens (tertiary/aromatic N) is 4. The van der Waals surface area contributed by atoms with Crippen molar-refractivity contribution in [2.24, 2.45) is 0 Å². The fourth-order valence-corrected chi connectivity index (χ4v) is 3.89. The Morgan fingerprint density at radius 3 is 2.61 bits per heavy atom. The predicted octanol–water partition coefficient (Wildman–Crippen LogP) is 3.71. The number of hydrogen-bond acceptors (Lipinski definition) is 5. The maximum absolute atomic E-state index is 12.0. The first-order valence-corrected chi connectivity index (χ1v) is 10.4. The molecule has 1 aliphatic heterocycles. The second-order valence-electron chi connectivity index (χ2n) is 7.35. The van der Waals surface area contributed by atoms with Crippen molar-refractivity contribution in [3.8, 4) is 5.75 Å². The number of ether oxygens (including phenoxy) is 1. The standard InChI is InChI=1S/C22H32N4O2/c1-3-4-5-6-7-13-24-14-16-25(17-15-24)26(18-27)20-11-12-23-22-19(20)9-8-10-21(22)28-2/h8-12,18H,3-7,13-17H2,1-2H3. The van der Waals surface area contributed by atoms with Gasteiger partial charge in [0.05, 0.1) is 12.8 Å². The van der Waals surface area contributed by atoms with Crippen LogP contribution >= 0.6 is 0 Å². The fourth-order valence-electron chi connectivity index (χ4n) is 3.89. The molecule has 6 heteroatoms. The molecular weight excluding hydrogens is 352 g/mol. The van der Waals surface area contributed by atoms with Crippen LogP contribution in [-0.2, 0) is 4.79 Å². The second kappa shape index (κ2) is 10.4. The van der Waals surface area contributed by atoms with E-state index in [1.165, 1.54) is 32.1 Å². The Kier molecular flexibility index (Phi) is 7.62. The largest absolute Gasteiger partial charge is 0.494 e. The minimum atomic E-state index is 0.720. The average molecular weight is 385 g/mol. The molecule has 1 fully saturated rings. The molecule has 1 aliphatic rings. The minimum Gasteiger partial charge on any atom is -0.494 e. The molecule has 3 rings (SSSR count). The number of para-hydroxylation sites is 1. The number of hydrazine groups is 1. The Labute approximate surface area is 168 Å². The van der Waals surface area contributed by atoms with Crippen LogP contribution < -0.4 is 9.75 Å². The Bertz CT molecular complexity index is 759. The van der Waals surface area contributed by atoms with E-state index >= 15 is 0 Å². The van der Waals surface area contributed by atoms with Crippen LogP contribution in [0.3, 0.4) is 0 Å². The molecule has 2 aromatic rings. The highest BCUT2D eigenvalue weighted by Crippen LogP contribution is 2.31. The van der Waals surface area contributed by atoms with Gasteiger partial charge in [0.15, 0.2) is 0 Å². The number of hydrogen-bond donors (Lipinski definition) is 0. The first-order valence-electron chi connectivity index (χ1n) is 10.4. The summed E-state index contributed by atoms with van der Waals surface area (Å²) in [7, 11) is 1.64. The van der Waals surface area contributed by atoms with Gasteiger partial charge < -0.3 is 9.64 Å². The number of methoxy groups -OCH3 is 1. The lowest BCUT2D eigenvalue weighted by Crippen LogP contribution is -2.53. The van der Waals surface area contributed by atoms with E-state index in [1.807, 2.05) is 24.3 Å². The molecule has 0 atom stereocenters. The fraction of sp³-hybridized carbons (Fsp3) is 0.545. The molecule has 1 amide bonds. The van der Waals surface area contributed by atoms with Gasteiger partial charge in [-0.3, -0.25) is 9.78 Å². The smallest absolute Gasteiger partial charge is 0.228 e. The van der Waals surface area contributed by atoms with E-state index in [0.29, 0.717) is 0 Å². The Hall–Kier alpha value is -2.18. The maximum atomic E-state index is 12.0. The van der Waals surface area contributed by atoms with Gasteiger partial charge in [-0.15, -0.1) is 0 Å². The van der Waals surface area contributed by atoms with Crippen LogP contribution in [0.15, 0.2) is 30.5 Å². The van der Waals surface area contributed by atoms with Crippen molar-refractivity contribution in [1.29, 1.82) is 0 Å². The summed E-state index contributed by atoms with van der Waals surface area (Å²) in [5, 5.41) is 4.80. The molecule has 0 unspecified atom stereocenters. The van der Waals surface area contributed by atoms with Crippen molar-refractivity contribution >= 4 is 23.0 Å². The van der Waals surface area contributed by atoms with E-state index in [2.05, 4.69) is 21.8 Å². The van der Waals surface area contributed by atoms with Crippen molar-refractivity contribution in [2.45, 2.75) is 39.0 Å². The summed E-state index contributed by atoms with van der Waals surface area (Å²) in [6.07, 6.45) is 9.21. The van der Waals surface area contributed by atoms with E-state index in [0.717, 1.165) is 61.5 Å². The summed E-state index contributed by atoms with van der Waals surface area (Å²) < 4.78 is 5.43. The van der Waals surface area contributed by atoms with Gasteiger partial charge in [-0.25, -0.2) is 10.0 Å². The first-order chi connectivity index (χ1) is 13.8. The van der Waals surface area contributed by atoms with Gasteiger partial charge in [0, 0.05) is 37.8 Å². The number of carbonyl (C=O) groups is 1. The number of fused-ring (bicyclic) bond motifs is 1. The number of rotatable bonds is 10. The van der Waals surface area contributed by atoms with Crippen molar-refractivity contribution in [3.05, 3.63) is 30.5 Å². The zero-order chi connectivity index (χ0) is 19.8. The van der Waals surface area contributed by atoms with E-state index < -0.39 is 0 Å². The number of pyridine rings is 1. The first kappa shape index (κ1) is 20.6. The molecule has 0 aliphatic carbocycles. The molecule has 1 aromatic heterocycles. The van der Waals surface area contributed by atoms with Crippen LogP contribution in [0.4, 0.5) is 5.69 Å². The Morgan fingerprint density at radius 2 is 1.89 bits per heavy atom. The molecule has 0 bridgehead atoms. The van der Waals surface area contributed by atoms with Crippen LogP contribution in [0, 0.1) is 0 Å². The Balaban J connectivity index is 1.64. The molecule has 0 saturated carbocycles. The van der Waals surface area contributed by atoms with Crippen molar-refractivity contribution < 1.29 is 9.53 Å². The van der Waals surface area contributed by atoms with Crippen LogP contribution in [0.2, 0.25) is 0 Å². The summed E-state index contributed by atoms with van der Waals surface area (Å²) in [6, 6.07) is 7.72. The number of amides is 1. The maximum Gasteiger partial charge on any atom is 0.228 e. The highest BCUT2D eigenvalue weighted by atomic mass is 16.5. The highest BCUT2D eigenvalue weighted by Gasteiger charge is 2.23. The van der Waals surface area contributed by atoms with E-state index in [-0.39, 0.29) is 0 Å². The lowest BCUT2D eigenvalue weighted by molar-refractivity contribution is -0.110. The summed E-state index contributed by atoms with van der Waals surface area (Å²) >= 11 is 0. The third-order valence-electron chi connectivity index (χ3n) is 5.51. The molecule has 0 radical (unpaired) electrons. The average Bonchev–Trinajstić information content (AvgIpc) is 2.75. The highest BCUT2D eigenvalue weighted by molar-refractivity contribution is 5.98. The van der Waals surface area contributed by atoms with E-state index in [1.54, 1.807) is 18.3 Å². The zero-order valence-corrected chi connectivity index (χ0v) is 17.1. The van der Waals surface area contributed by atoms with Crippen molar-refractivity contribution in [1.82, 2.24) is 14.9 Å². The normalized spacial score (nSPS) is 15.6. The Morgan fingerprint density at radius 1 is 1.11 bits per heavy atom. The SMILES string of the molecule is CCCCCCCN1CCN(N(C=O)c2ccnc3c(OC)cccc23)CC1. The van der Waals surface area contributed by atoms with Crippen LogP contribution in [0.25, 0.3) is 10.9 Å². The summed E-state index contributed by atoms with van der Waals surface area (Å²) in [5.74, 6) is 0.720. The van der Waals surface area contributed by atoms with Gasteiger partial charge in [-0.2, -0.15) is 0 Å². The summed E-state index contributed by atoms with van der Waals surface area (Å²) in [6.45, 7) is 7.09. The number of carbonyl (C=O) groups excluding carboxylic acids is 1. The molecule has 28 heavy (non-hydrogen) atoms. The molecule has 1 saturated heterocycles. The van der Waals surface area contributed by atoms with Crippen LogP contribution in [-0.4, -0.2) is 61.1 Å². The predicted molar refractivity (Wildman–Crippen MR) is 114 cm³/mol. The molecule has 0 N–H and O–H groups in total. The molecule has 6 nitrogen and oxygen atoms in total. The molecule has 2 heterocycles. The van der Waals surface area contributed by atoms with Gasteiger partial charge in [-0.1, -0.05) is 44.7 Å². The number of unbranched alkanes of at least 4 members (excludes halogenated alkanes) is 4. The van der Waals surface area contributed by atoms with Crippen LogP contribution in [0.5, 0.6) is 5.75 Å². The van der Waals surface area contributed by atoms with Crippen molar-refractivity contribution in [3.63, 3.8) is 0 Å². The molecule has 0 spiro atoms. The number of anilines is 1. The molecular formula is C22H32N4O2. The lowest BCUT2D eigenvalue weighted by Gasteiger charge is -2.39. The minimum absolute atomic E-state index is 0.720. The van der Waals surface area contributed by atoms with E-state index in [9.17, 15) is 4.79 Å². The van der Waals surface area contributed by atoms with Gasteiger partial charge in [0.2, 0.25) is 6.41 Å². The third kappa shape index (κ3) is 4.80. The van der Waals surface area contributed by atoms with Gasteiger partial charge in [0.1, 0.15) is 11.3 Å². The number of benzene rings is 1.